The summed E-state index contributed by atoms with van der Waals surface area (Å²) in [5.41, 5.74) is 0.235. The molecule has 1 N–H and O–H groups in total. The Morgan fingerprint density at radius 2 is 2.06 bits per heavy atom. The molecule has 0 bridgehead atoms. The van der Waals surface area contributed by atoms with Gasteiger partial charge in [-0.1, -0.05) is 12.5 Å². The zero-order valence-electron chi connectivity index (χ0n) is 9.37. The molecule has 3 nitrogen and oxygen atoms in total. The van der Waals surface area contributed by atoms with Crippen LogP contribution in [-0.2, 0) is 9.84 Å². The Labute approximate surface area is 100.0 Å². The average Bonchev–Trinajstić information content (AvgIpc) is 2.33. The van der Waals surface area contributed by atoms with E-state index in [4.69, 9.17) is 0 Å². The lowest BCUT2D eigenvalue weighted by molar-refractivity contribution is 0.184. The molecule has 1 heterocycles. The second-order valence-electron chi connectivity index (χ2n) is 5.08. The molecule has 1 aliphatic heterocycles. The van der Waals surface area contributed by atoms with Crippen LogP contribution in [0.2, 0.25) is 0 Å². The van der Waals surface area contributed by atoms with Gasteiger partial charge >= 0.3 is 0 Å². The Morgan fingerprint density at radius 3 is 2.71 bits per heavy atom. The fourth-order valence-corrected chi connectivity index (χ4v) is 4.95. The minimum absolute atomic E-state index is 0.0704. The highest BCUT2D eigenvalue weighted by molar-refractivity contribution is 7.91. The summed E-state index contributed by atoms with van der Waals surface area (Å²) < 4.78 is 38.2. The number of rotatable bonds is 0. The fraction of sp³-hybridized carbons (Fsp3) is 0.500. The molecule has 0 atom stereocenters. The Kier molecular flexibility index (Phi) is 2.23. The van der Waals surface area contributed by atoms with E-state index in [1.165, 1.54) is 12.1 Å². The molecule has 1 aromatic rings. The van der Waals surface area contributed by atoms with Crippen molar-refractivity contribution in [1.82, 2.24) is 0 Å². The van der Waals surface area contributed by atoms with E-state index < -0.39 is 15.7 Å². The first-order valence-corrected chi connectivity index (χ1v) is 7.43. The van der Waals surface area contributed by atoms with Gasteiger partial charge in [-0.2, -0.15) is 0 Å². The van der Waals surface area contributed by atoms with Crippen LogP contribution in [0.4, 0.5) is 10.1 Å². The summed E-state index contributed by atoms with van der Waals surface area (Å²) in [6.07, 6.45) is 2.89. The second kappa shape index (κ2) is 3.45. The van der Waals surface area contributed by atoms with E-state index in [1.54, 1.807) is 6.07 Å². The van der Waals surface area contributed by atoms with Gasteiger partial charge in [0.15, 0.2) is 9.84 Å². The molecule has 0 amide bonds. The molecule has 0 unspecified atom stereocenters. The maximum atomic E-state index is 13.7. The first kappa shape index (κ1) is 11.0. The summed E-state index contributed by atoms with van der Waals surface area (Å²) in [6.45, 7) is 0.628. The van der Waals surface area contributed by atoms with Crippen molar-refractivity contribution in [2.75, 3.05) is 17.6 Å². The lowest BCUT2D eigenvalue weighted by Crippen LogP contribution is -2.40. The van der Waals surface area contributed by atoms with Crippen LogP contribution in [0.25, 0.3) is 0 Å². The van der Waals surface area contributed by atoms with Crippen molar-refractivity contribution >= 4 is 15.5 Å². The number of hydrogen-bond donors (Lipinski definition) is 1. The highest BCUT2D eigenvalue weighted by Gasteiger charge is 2.44. The number of benzene rings is 1. The molecule has 0 aromatic heterocycles. The first-order valence-electron chi connectivity index (χ1n) is 5.78. The molecule has 1 aliphatic carbocycles. The molecule has 1 fully saturated rings. The number of fused-ring (bicyclic) bond motifs is 1. The maximum absolute atomic E-state index is 13.7. The Balaban J connectivity index is 2.14. The Bertz CT molecular complexity index is 564. The van der Waals surface area contributed by atoms with Crippen LogP contribution >= 0.6 is 0 Å². The van der Waals surface area contributed by atoms with Gasteiger partial charge in [0.25, 0.3) is 0 Å². The number of anilines is 1. The van der Waals surface area contributed by atoms with Gasteiger partial charge in [0, 0.05) is 12.0 Å². The number of halogens is 1. The molecule has 3 rings (SSSR count). The topological polar surface area (TPSA) is 46.2 Å². The SMILES string of the molecule is O=S1(=O)CC2(CCC2)CNc2cccc(F)c21. The summed E-state index contributed by atoms with van der Waals surface area (Å²) in [7, 11) is -3.52. The minimum Gasteiger partial charge on any atom is -0.383 e. The molecule has 0 radical (unpaired) electrons. The summed E-state index contributed by atoms with van der Waals surface area (Å²) in [6, 6.07) is 4.37. The van der Waals surface area contributed by atoms with Crippen LogP contribution in [0.5, 0.6) is 0 Å². The van der Waals surface area contributed by atoms with E-state index in [1.807, 2.05) is 0 Å². The van der Waals surface area contributed by atoms with Crippen LogP contribution in [0.15, 0.2) is 23.1 Å². The van der Waals surface area contributed by atoms with E-state index in [0.29, 0.717) is 12.2 Å². The smallest absolute Gasteiger partial charge is 0.183 e. The lowest BCUT2D eigenvalue weighted by Gasteiger charge is -2.40. The molecular weight excluding hydrogens is 241 g/mol. The van der Waals surface area contributed by atoms with E-state index in [2.05, 4.69) is 5.32 Å². The van der Waals surface area contributed by atoms with Crippen molar-refractivity contribution in [2.24, 2.45) is 5.41 Å². The molecule has 1 aromatic carbocycles. The quantitative estimate of drug-likeness (QED) is 0.773. The van der Waals surface area contributed by atoms with Crippen LogP contribution in [0, 0.1) is 11.2 Å². The minimum atomic E-state index is -3.52. The number of hydrogen-bond acceptors (Lipinski definition) is 3. The monoisotopic (exact) mass is 255 g/mol. The summed E-state index contributed by atoms with van der Waals surface area (Å²) in [4.78, 5) is -0.149. The van der Waals surface area contributed by atoms with Crippen LogP contribution in [-0.4, -0.2) is 20.7 Å². The third kappa shape index (κ3) is 1.64. The summed E-state index contributed by atoms with van der Waals surface area (Å²) in [5, 5.41) is 3.10. The highest BCUT2D eigenvalue weighted by atomic mass is 32.2. The molecule has 2 aliphatic rings. The van der Waals surface area contributed by atoms with Gasteiger partial charge in [-0.05, 0) is 25.0 Å². The van der Waals surface area contributed by atoms with Crippen molar-refractivity contribution in [2.45, 2.75) is 24.2 Å². The van der Waals surface area contributed by atoms with Crippen LogP contribution in [0.1, 0.15) is 19.3 Å². The summed E-state index contributed by atoms with van der Waals surface area (Å²) in [5.74, 6) is -0.577. The molecule has 17 heavy (non-hydrogen) atoms. The van der Waals surface area contributed by atoms with Gasteiger partial charge in [0.05, 0.1) is 11.4 Å². The van der Waals surface area contributed by atoms with Crippen LogP contribution < -0.4 is 5.32 Å². The van der Waals surface area contributed by atoms with Crippen molar-refractivity contribution < 1.29 is 12.8 Å². The largest absolute Gasteiger partial charge is 0.383 e. The fourth-order valence-electron chi connectivity index (χ4n) is 2.77. The van der Waals surface area contributed by atoms with Gasteiger partial charge in [-0.3, -0.25) is 0 Å². The molecule has 1 saturated carbocycles. The van der Waals surface area contributed by atoms with Gasteiger partial charge in [0.2, 0.25) is 0 Å². The number of nitrogens with one attached hydrogen (secondary N) is 1. The lowest BCUT2D eigenvalue weighted by atomic mass is 9.70. The Morgan fingerprint density at radius 1 is 1.29 bits per heavy atom. The molecule has 92 valence electrons. The predicted octanol–water partition coefficient (Wildman–Crippen LogP) is 2.20. The average molecular weight is 255 g/mol. The van der Waals surface area contributed by atoms with Crippen LogP contribution in [0.3, 0.4) is 0 Å². The van der Waals surface area contributed by atoms with Crippen molar-refractivity contribution in [3.8, 4) is 0 Å². The van der Waals surface area contributed by atoms with E-state index >= 15 is 0 Å². The standard InChI is InChI=1S/C12H14FNO2S/c13-9-3-1-4-10-11(9)17(15,16)8-12(7-14-10)5-2-6-12/h1,3-4,14H,2,5-8H2. The summed E-state index contributed by atoms with van der Waals surface area (Å²) >= 11 is 0. The predicted molar refractivity (Wildman–Crippen MR) is 63.2 cm³/mol. The van der Waals surface area contributed by atoms with Gasteiger partial charge in [0.1, 0.15) is 10.7 Å². The third-order valence-electron chi connectivity index (χ3n) is 3.84. The van der Waals surface area contributed by atoms with Gasteiger partial charge < -0.3 is 5.32 Å². The van der Waals surface area contributed by atoms with E-state index in [-0.39, 0.29) is 16.1 Å². The van der Waals surface area contributed by atoms with Crippen molar-refractivity contribution in [3.05, 3.63) is 24.0 Å². The normalized spacial score (nSPS) is 24.3. The zero-order chi connectivity index (χ0) is 12.1. The number of sulfone groups is 1. The first-order chi connectivity index (χ1) is 8.03. The zero-order valence-corrected chi connectivity index (χ0v) is 10.2. The molecular formula is C12H14FNO2S. The van der Waals surface area contributed by atoms with Crippen molar-refractivity contribution in [3.63, 3.8) is 0 Å². The Hall–Kier alpha value is -1.10. The maximum Gasteiger partial charge on any atom is 0.183 e. The molecule has 1 spiro atoms. The van der Waals surface area contributed by atoms with E-state index in [0.717, 1.165) is 19.3 Å². The van der Waals surface area contributed by atoms with Crippen molar-refractivity contribution in [1.29, 1.82) is 0 Å². The molecule has 0 saturated heterocycles. The molecule has 5 heteroatoms. The highest BCUT2D eigenvalue weighted by Crippen LogP contribution is 2.46. The van der Waals surface area contributed by atoms with Gasteiger partial charge in [-0.25, -0.2) is 12.8 Å². The third-order valence-corrected chi connectivity index (χ3v) is 5.87. The van der Waals surface area contributed by atoms with E-state index in [9.17, 15) is 12.8 Å². The van der Waals surface area contributed by atoms with Gasteiger partial charge in [-0.15, -0.1) is 0 Å². The second-order valence-corrected chi connectivity index (χ2v) is 7.01.